The molecule has 1 saturated heterocycles. The predicted molar refractivity (Wildman–Crippen MR) is 70.6 cm³/mol. The summed E-state index contributed by atoms with van der Waals surface area (Å²) in [5.41, 5.74) is 6.28. The molecule has 0 bridgehead atoms. The lowest BCUT2D eigenvalue weighted by molar-refractivity contribution is -0.124. The monoisotopic (exact) mass is 263 g/mol. The summed E-state index contributed by atoms with van der Waals surface area (Å²) in [4.78, 5) is 25.6. The van der Waals surface area contributed by atoms with Gasteiger partial charge >= 0.3 is 0 Å². The SMILES string of the molecule is CNC(=O)C1CCCN1C(=O)c1cc(O)ccc1N. The van der Waals surface area contributed by atoms with E-state index in [4.69, 9.17) is 5.73 Å². The third-order valence-corrected chi connectivity index (χ3v) is 3.33. The molecule has 0 saturated carbocycles. The van der Waals surface area contributed by atoms with Crippen LogP contribution >= 0.6 is 0 Å². The average Bonchev–Trinajstić information content (AvgIpc) is 2.89. The highest BCUT2D eigenvalue weighted by Gasteiger charge is 2.34. The second-order valence-electron chi connectivity index (χ2n) is 4.54. The van der Waals surface area contributed by atoms with Crippen molar-refractivity contribution in [3.63, 3.8) is 0 Å². The quantitative estimate of drug-likeness (QED) is 0.529. The van der Waals surface area contributed by atoms with Crippen molar-refractivity contribution in [2.45, 2.75) is 18.9 Å². The predicted octanol–water partition coefficient (Wildman–Crippen LogP) is 0.325. The van der Waals surface area contributed by atoms with Crippen molar-refractivity contribution >= 4 is 17.5 Å². The van der Waals surface area contributed by atoms with Crippen LogP contribution in [0.2, 0.25) is 0 Å². The highest BCUT2D eigenvalue weighted by Crippen LogP contribution is 2.25. The Balaban J connectivity index is 2.28. The molecular weight excluding hydrogens is 246 g/mol. The minimum absolute atomic E-state index is 0.0201. The van der Waals surface area contributed by atoms with Crippen LogP contribution in [0.3, 0.4) is 0 Å². The lowest BCUT2D eigenvalue weighted by atomic mass is 10.1. The van der Waals surface area contributed by atoms with E-state index in [9.17, 15) is 14.7 Å². The van der Waals surface area contributed by atoms with Gasteiger partial charge in [-0.3, -0.25) is 9.59 Å². The maximum absolute atomic E-state index is 12.4. The summed E-state index contributed by atoms with van der Waals surface area (Å²) in [5, 5.41) is 12.0. The largest absolute Gasteiger partial charge is 0.508 e. The Kier molecular flexibility index (Phi) is 3.59. The maximum Gasteiger partial charge on any atom is 0.256 e. The topological polar surface area (TPSA) is 95.7 Å². The second-order valence-corrected chi connectivity index (χ2v) is 4.54. The number of nitrogens with one attached hydrogen (secondary N) is 1. The summed E-state index contributed by atoms with van der Waals surface area (Å²) in [6.07, 6.45) is 1.42. The van der Waals surface area contributed by atoms with E-state index in [1.165, 1.54) is 23.1 Å². The van der Waals surface area contributed by atoms with Crippen molar-refractivity contribution in [1.29, 1.82) is 0 Å². The van der Waals surface area contributed by atoms with E-state index in [-0.39, 0.29) is 23.1 Å². The fraction of sp³-hybridized carbons (Fsp3) is 0.385. The Morgan fingerprint density at radius 2 is 2.21 bits per heavy atom. The van der Waals surface area contributed by atoms with E-state index >= 15 is 0 Å². The number of phenols is 1. The minimum atomic E-state index is -0.459. The number of hydrogen-bond acceptors (Lipinski definition) is 4. The fourth-order valence-corrected chi connectivity index (χ4v) is 2.33. The van der Waals surface area contributed by atoms with Gasteiger partial charge in [0.15, 0.2) is 0 Å². The van der Waals surface area contributed by atoms with E-state index in [1.807, 2.05) is 0 Å². The molecule has 1 aliphatic rings. The summed E-state index contributed by atoms with van der Waals surface area (Å²) in [6, 6.07) is 3.77. The number of rotatable bonds is 2. The lowest BCUT2D eigenvalue weighted by Gasteiger charge is -2.24. The number of benzene rings is 1. The van der Waals surface area contributed by atoms with E-state index in [0.717, 1.165) is 6.42 Å². The van der Waals surface area contributed by atoms with Gasteiger partial charge in [-0.15, -0.1) is 0 Å². The second kappa shape index (κ2) is 5.17. The van der Waals surface area contributed by atoms with Gasteiger partial charge in [0.2, 0.25) is 5.91 Å². The van der Waals surface area contributed by atoms with Gasteiger partial charge in [0.1, 0.15) is 11.8 Å². The van der Waals surface area contributed by atoms with Gasteiger partial charge in [-0.05, 0) is 31.0 Å². The molecule has 6 nitrogen and oxygen atoms in total. The Morgan fingerprint density at radius 1 is 1.47 bits per heavy atom. The molecule has 0 spiro atoms. The number of aromatic hydroxyl groups is 1. The number of amides is 2. The van der Waals surface area contributed by atoms with Gasteiger partial charge in [0.25, 0.3) is 5.91 Å². The van der Waals surface area contributed by atoms with Gasteiger partial charge < -0.3 is 21.1 Å². The molecule has 6 heteroatoms. The van der Waals surface area contributed by atoms with Crippen molar-refractivity contribution < 1.29 is 14.7 Å². The molecule has 4 N–H and O–H groups in total. The number of nitrogen functional groups attached to an aromatic ring is 1. The first kappa shape index (κ1) is 13.2. The summed E-state index contributed by atoms with van der Waals surface area (Å²) in [5.74, 6) is -0.516. The first-order valence-corrected chi connectivity index (χ1v) is 6.15. The van der Waals surface area contributed by atoms with Crippen LogP contribution in [-0.4, -0.2) is 41.5 Å². The zero-order valence-electron chi connectivity index (χ0n) is 10.7. The van der Waals surface area contributed by atoms with Gasteiger partial charge in [-0.2, -0.15) is 0 Å². The number of likely N-dealkylation sites (tertiary alicyclic amines) is 1. The lowest BCUT2D eigenvalue weighted by Crippen LogP contribution is -2.45. The molecule has 1 fully saturated rings. The molecule has 2 amide bonds. The fourth-order valence-electron chi connectivity index (χ4n) is 2.33. The average molecular weight is 263 g/mol. The van der Waals surface area contributed by atoms with Crippen molar-refractivity contribution in [3.05, 3.63) is 23.8 Å². The van der Waals surface area contributed by atoms with Crippen molar-refractivity contribution in [3.8, 4) is 5.75 Å². The zero-order valence-corrected chi connectivity index (χ0v) is 10.7. The molecule has 102 valence electrons. The van der Waals surface area contributed by atoms with Gasteiger partial charge in [0, 0.05) is 19.3 Å². The molecule has 1 unspecified atom stereocenters. The van der Waals surface area contributed by atoms with Crippen molar-refractivity contribution in [2.24, 2.45) is 0 Å². The smallest absolute Gasteiger partial charge is 0.256 e. The first-order chi connectivity index (χ1) is 9.04. The first-order valence-electron chi connectivity index (χ1n) is 6.15. The number of anilines is 1. The third-order valence-electron chi connectivity index (χ3n) is 3.33. The number of likely N-dealkylation sites (N-methyl/N-ethyl adjacent to an activating group) is 1. The number of carbonyl (C=O) groups is 2. The van der Waals surface area contributed by atoms with Crippen LogP contribution in [0.5, 0.6) is 5.75 Å². The Morgan fingerprint density at radius 3 is 2.89 bits per heavy atom. The van der Waals surface area contributed by atoms with Gasteiger partial charge in [-0.25, -0.2) is 0 Å². The Labute approximate surface area is 111 Å². The number of phenolic OH excluding ortho intramolecular Hbond substituents is 1. The van der Waals surface area contributed by atoms with E-state index in [1.54, 1.807) is 7.05 Å². The molecule has 0 aromatic heterocycles. The van der Waals surface area contributed by atoms with Gasteiger partial charge in [-0.1, -0.05) is 0 Å². The normalized spacial score (nSPS) is 18.4. The zero-order chi connectivity index (χ0) is 14.0. The molecule has 1 aromatic carbocycles. The third kappa shape index (κ3) is 2.47. The van der Waals surface area contributed by atoms with Crippen LogP contribution in [0.1, 0.15) is 23.2 Å². The van der Waals surface area contributed by atoms with E-state index in [2.05, 4.69) is 5.32 Å². The summed E-state index contributed by atoms with van der Waals surface area (Å²) in [7, 11) is 1.55. The summed E-state index contributed by atoms with van der Waals surface area (Å²) in [6.45, 7) is 0.520. The van der Waals surface area contributed by atoms with Crippen LogP contribution in [0.15, 0.2) is 18.2 Å². The van der Waals surface area contributed by atoms with Crippen LogP contribution in [0.4, 0.5) is 5.69 Å². The van der Waals surface area contributed by atoms with Crippen LogP contribution in [-0.2, 0) is 4.79 Å². The highest BCUT2D eigenvalue weighted by atomic mass is 16.3. The van der Waals surface area contributed by atoms with Crippen molar-refractivity contribution in [1.82, 2.24) is 10.2 Å². The number of nitrogens with zero attached hydrogens (tertiary/aromatic N) is 1. The molecule has 0 aliphatic carbocycles. The van der Waals surface area contributed by atoms with E-state index < -0.39 is 6.04 Å². The molecule has 0 radical (unpaired) electrons. The Bertz CT molecular complexity index is 516. The highest BCUT2D eigenvalue weighted by molar-refractivity contribution is 6.02. The number of nitrogens with two attached hydrogens (primary N) is 1. The standard InChI is InChI=1S/C13H17N3O3/c1-15-12(18)11-3-2-6-16(11)13(19)9-7-8(17)4-5-10(9)14/h4-5,7,11,17H,2-3,6,14H2,1H3,(H,15,18). The maximum atomic E-state index is 12.4. The van der Waals surface area contributed by atoms with Crippen LogP contribution in [0, 0.1) is 0 Å². The van der Waals surface area contributed by atoms with E-state index in [0.29, 0.717) is 18.7 Å². The molecule has 1 heterocycles. The van der Waals surface area contributed by atoms with Crippen LogP contribution in [0.25, 0.3) is 0 Å². The molecule has 19 heavy (non-hydrogen) atoms. The van der Waals surface area contributed by atoms with Crippen LogP contribution < -0.4 is 11.1 Å². The number of carbonyl (C=O) groups excluding carboxylic acids is 2. The minimum Gasteiger partial charge on any atom is -0.508 e. The number of hydrogen-bond donors (Lipinski definition) is 3. The molecule has 1 aromatic rings. The Hall–Kier alpha value is -2.24. The molecule has 1 atom stereocenters. The van der Waals surface area contributed by atoms with Crippen molar-refractivity contribution in [2.75, 3.05) is 19.3 Å². The van der Waals surface area contributed by atoms with Gasteiger partial charge in [0.05, 0.1) is 5.56 Å². The molecule has 2 rings (SSSR count). The summed E-state index contributed by atoms with van der Waals surface area (Å²) < 4.78 is 0. The molecule has 1 aliphatic heterocycles. The summed E-state index contributed by atoms with van der Waals surface area (Å²) >= 11 is 0. The molecular formula is C13H17N3O3.